The second-order valence-corrected chi connectivity index (χ2v) is 5.81. The molecular formula is C14H17N3O4S. The molecule has 1 unspecified atom stereocenters. The highest BCUT2D eigenvalue weighted by Crippen LogP contribution is 2.18. The van der Waals surface area contributed by atoms with Crippen LogP contribution in [-0.4, -0.2) is 33.7 Å². The first-order valence-electron chi connectivity index (χ1n) is 6.88. The highest BCUT2D eigenvalue weighted by molar-refractivity contribution is 7.08. The van der Waals surface area contributed by atoms with Gasteiger partial charge in [-0.25, -0.2) is 0 Å². The number of carboxylic acids is 1. The van der Waals surface area contributed by atoms with Crippen molar-refractivity contribution in [1.29, 1.82) is 0 Å². The Kier molecular flexibility index (Phi) is 5.65. The molecule has 7 nitrogen and oxygen atoms in total. The van der Waals surface area contributed by atoms with Crippen molar-refractivity contribution < 1.29 is 19.2 Å². The number of aliphatic carboxylic acids is 1. The highest BCUT2D eigenvalue weighted by atomic mass is 32.1. The lowest BCUT2D eigenvalue weighted by Gasteiger charge is -2.09. The standard InChI is InChI=1S/C14H17N3O4S/c1-9(6-13(19)20)7-15-11(18)2-3-12-16-14(17-21-12)10-4-5-22-8-10/h4-5,8-9H,2-3,6-7H2,1H3,(H,15,18)(H,19,20). The Morgan fingerprint density at radius 1 is 1.50 bits per heavy atom. The largest absolute Gasteiger partial charge is 0.481 e. The van der Waals surface area contributed by atoms with Gasteiger partial charge in [-0.1, -0.05) is 12.1 Å². The van der Waals surface area contributed by atoms with E-state index in [-0.39, 0.29) is 24.7 Å². The van der Waals surface area contributed by atoms with Crippen LogP contribution in [-0.2, 0) is 16.0 Å². The summed E-state index contributed by atoms with van der Waals surface area (Å²) >= 11 is 1.55. The smallest absolute Gasteiger partial charge is 0.303 e. The normalized spacial score (nSPS) is 12.0. The first kappa shape index (κ1) is 16.2. The van der Waals surface area contributed by atoms with E-state index in [0.29, 0.717) is 24.7 Å². The van der Waals surface area contributed by atoms with Crippen LogP contribution >= 0.6 is 11.3 Å². The number of aryl methyl sites for hydroxylation is 1. The van der Waals surface area contributed by atoms with Crippen LogP contribution in [0.15, 0.2) is 21.3 Å². The third-order valence-electron chi connectivity index (χ3n) is 2.98. The van der Waals surface area contributed by atoms with Gasteiger partial charge in [0.15, 0.2) is 0 Å². The minimum Gasteiger partial charge on any atom is -0.481 e. The van der Waals surface area contributed by atoms with E-state index < -0.39 is 5.97 Å². The Bertz CT molecular complexity index is 624. The number of carboxylic acid groups (broad SMARTS) is 1. The third kappa shape index (κ3) is 4.96. The molecule has 0 fully saturated rings. The van der Waals surface area contributed by atoms with Crippen molar-refractivity contribution in [2.24, 2.45) is 5.92 Å². The first-order valence-corrected chi connectivity index (χ1v) is 7.82. The average Bonchev–Trinajstić information content (AvgIpc) is 3.12. The minimum atomic E-state index is -0.867. The van der Waals surface area contributed by atoms with Crippen molar-refractivity contribution in [1.82, 2.24) is 15.5 Å². The van der Waals surface area contributed by atoms with E-state index in [4.69, 9.17) is 9.63 Å². The maximum absolute atomic E-state index is 11.7. The molecule has 2 aromatic rings. The Labute approximate surface area is 131 Å². The van der Waals surface area contributed by atoms with Crippen LogP contribution in [0, 0.1) is 5.92 Å². The number of nitrogens with one attached hydrogen (secondary N) is 1. The van der Waals surface area contributed by atoms with Gasteiger partial charge in [0.25, 0.3) is 0 Å². The maximum atomic E-state index is 11.7. The number of hydrogen-bond donors (Lipinski definition) is 2. The molecule has 1 amide bonds. The molecule has 118 valence electrons. The Morgan fingerprint density at radius 3 is 3.00 bits per heavy atom. The summed E-state index contributed by atoms with van der Waals surface area (Å²) in [6.07, 6.45) is 0.620. The fourth-order valence-electron chi connectivity index (χ4n) is 1.83. The SMILES string of the molecule is CC(CNC(=O)CCc1nc(-c2ccsc2)no1)CC(=O)O. The summed E-state index contributed by atoms with van der Waals surface area (Å²) < 4.78 is 5.10. The van der Waals surface area contributed by atoms with E-state index in [1.165, 1.54) is 0 Å². The molecule has 2 N–H and O–H groups in total. The molecular weight excluding hydrogens is 306 g/mol. The van der Waals surface area contributed by atoms with Crippen LogP contribution in [0.1, 0.15) is 25.7 Å². The van der Waals surface area contributed by atoms with Gasteiger partial charge in [-0.05, 0) is 17.4 Å². The summed E-state index contributed by atoms with van der Waals surface area (Å²) in [7, 11) is 0. The van der Waals surface area contributed by atoms with Gasteiger partial charge in [-0.3, -0.25) is 9.59 Å². The van der Waals surface area contributed by atoms with Crippen LogP contribution in [0.3, 0.4) is 0 Å². The molecule has 1 atom stereocenters. The van der Waals surface area contributed by atoms with Gasteiger partial charge in [0, 0.05) is 36.8 Å². The lowest BCUT2D eigenvalue weighted by atomic mass is 10.1. The van der Waals surface area contributed by atoms with Gasteiger partial charge in [0.2, 0.25) is 17.6 Å². The molecule has 0 spiro atoms. The van der Waals surface area contributed by atoms with E-state index >= 15 is 0 Å². The summed E-state index contributed by atoms with van der Waals surface area (Å²) in [5.41, 5.74) is 0.895. The van der Waals surface area contributed by atoms with E-state index in [9.17, 15) is 9.59 Å². The topological polar surface area (TPSA) is 105 Å². The average molecular weight is 323 g/mol. The van der Waals surface area contributed by atoms with E-state index in [1.807, 2.05) is 16.8 Å². The number of carbonyl (C=O) groups is 2. The molecule has 2 rings (SSSR count). The molecule has 0 aliphatic heterocycles. The third-order valence-corrected chi connectivity index (χ3v) is 3.67. The number of aromatic nitrogens is 2. The van der Waals surface area contributed by atoms with Crippen LogP contribution in [0.5, 0.6) is 0 Å². The maximum Gasteiger partial charge on any atom is 0.303 e. The summed E-state index contributed by atoms with van der Waals surface area (Å²) in [5, 5.41) is 19.1. The molecule has 0 aliphatic carbocycles. The van der Waals surface area contributed by atoms with Crippen molar-refractivity contribution in [2.45, 2.75) is 26.2 Å². The Morgan fingerprint density at radius 2 is 2.32 bits per heavy atom. The highest BCUT2D eigenvalue weighted by Gasteiger charge is 2.12. The van der Waals surface area contributed by atoms with Crippen molar-refractivity contribution in [3.8, 4) is 11.4 Å². The monoisotopic (exact) mass is 323 g/mol. The summed E-state index contributed by atoms with van der Waals surface area (Å²) in [4.78, 5) is 26.5. The molecule has 0 bridgehead atoms. The lowest BCUT2D eigenvalue weighted by Crippen LogP contribution is -2.29. The van der Waals surface area contributed by atoms with E-state index in [2.05, 4.69) is 15.5 Å². The fraction of sp³-hybridized carbons (Fsp3) is 0.429. The van der Waals surface area contributed by atoms with Gasteiger partial charge >= 0.3 is 5.97 Å². The number of nitrogens with zero attached hydrogens (tertiary/aromatic N) is 2. The summed E-state index contributed by atoms with van der Waals surface area (Å²) in [6, 6.07) is 1.90. The predicted octanol–water partition coefficient (Wildman–Crippen LogP) is 1.96. The summed E-state index contributed by atoms with van der Waals surface area (Å²) in [6.45, 7) is 2.12. The number of carbonyl (C=O) groups excluding carboxylic acids is 1. The minimum absolute atomic E-state index is 0.0357. The molecule has 22 heavy (non-hydrogen) atoms. The van der Waals surface area contributed by atoms with E-state index in [1.54, 1.807) is 18.3 Å². The van der Waals surface area contributed by atoms with Crippen molar-refractivity contribution in [3.63, 3.8) is 0 Å². The second kappa shape index (κ2) is 7.69. The zero-order valence-corrected chi connectivity index (χ0v) is 12.9. The van der Waals surface area contributed by atoms with Gasteiger partial charge in [0.05, 0.1) is 0 Å². The number of rotatable bonds is 8. The van der Waals surface area contributed by atoms with Crippen LogP contribution in [0.4, 0.5) is 0 Å². The van der Waals surface area contributed by atoms with Crippen LogP contribution in [0.2, 0.25) is 0 Å². The van der Waals surface area contributed by atoms with Gasteiger partial charge in [-0.15, -0.1) is 0 Å². The number of thiophene rings is 1. The zero-order chi connectivity index (χ0) is 15.9. The lowest BCUT2D eigenvalue weighted by molar-refractivity contribution is -0.138. The summed E-state index contributed by atoms with van der Waals surface area (Å²) in [5.74, 6) is -0.196. The number of hydrogen-bond acceptors (Lipinski definition) is 6. The molecule has 0 saturated heterocycles. The van der Waals surface area contributed by atoms with Gasteiger partial charge < -0.3 is 14.9 Å². The molecule has 8 heteroatoms. The molecule has 0 aliphatic rings. The molecule has 0 saturated carbocycles. The van der Waals surface area contributed by atoms with Crippen molar-refractivity contribution in [3.05, 3.63) is 22.7 Å². The zero-order valence-electron chi connectivity index (χ0n) is 12.1. The molecule has 0 aromatic carbocycles. The quantitative estimate of drug-likeness (QED) is 0.769. The Balaban J connectivity index is 1.73. The molecule has 2 heterocycles. The molecule has 2 aromatic heterocycles. The van der Waals surface area contributed by atoms with Crippen LogP contribution < -0.4 is 5.32 Å². The number of amides is 1. The first-order chi connectivity index (χ1) is 10.5. The second-order valence-electron chi connectivity index (χ2n) is 5.03. The van der Waals surface area contributed by atoms with Gasteiger partial charge in [-0.2, -0.15) is 16.3 Å². The van der Waals surface area contributed by atoms with E-state index in [0.717, 1.165) is 5.56 Å². The Hall–Kier alpha value is -2.22. The predicted molar refractivity (Wildman–Crippen MR) is 80.4 cm³/mol. The molecule has 0 radical (unpaired) electrons. The van der Waals surface area contributed by atoms with Gasteiger partial charge in [0.1, 0.15) is 0 Å². The van der Waals surface area contributed by atoms with Crippen LogP contribution in [0.25, 0.3) is 11.4 Å². The van der Waals surface area contributed by atoms with Crippen molar-refractivity contribution in [2.75, 3.05) is 6.54 Å². The van der Waals surface area contributed by atoms with Crippen molar-refractivity contribution >= 4 is 23.2 Å². The fourth-order valence-corrected chi connectivity index (χ4v) is 2.47.